The quantitative estimate of drug-likeness (QED) is 0.620. The van der Waals surface area contributed by atoms with Crippen LogP contribution in [0.2, 0.25) is 0 Å². The average molecular weight is 397 g/mol. The van der Waals surface area contributed by atoms with E-state index in [4.69, 9.17) is 4.74 Å². The summed E-state index contributed by atoms with van der Waals surface area (Å²) in [5.41, 5.74) is 1.93. The lowest BCUT2D eigenvalue weighted by Crippen LogP contribution is -2.32. The molecule has 4 rings (SSSR count). The molecule has 6 heteroatoms. The number of aryl methyl sites for hydroxylation is 2. The number of aromatic nitrogens is 2. The van der Waals surface area contributed by atoms with Gasteiger partial charge in [0.15, 0.2) is 0 Å². The Morgan fingerprint density at radius 3 is 2.86 bits per heavy atom. The molecule has 28 heavy (non-hydrogen) atoms. The molecule has 0 aliphatic heterocycles. The number of carbonyl (C=O) groups excluding carboxylic acids is 1. The van der Waals surface area contributed by atoms with Gasteiger partial charge in [-0.1, -0.05) is 37.3 Å². The minimum absolute atomic E-state index is 0.126. The topological polar surface area (TPSA) is 61.2 Å². The van der Waals surface area contributed by atoms with Crippen molar-refractivity contribution < 1.29 is 9.53 Å². The molecule has 0 bridgehead atoms. The van der Waals surface area contributed by atoms with E-state index in [1.54, 1.807) is 25.2 Å². The summed E-state index contributed by atoms with van der Waals surface area (Å²) in [5.74, 6) is 0.761. The first-order valence-electron chi connectivity index (χ1n) is 9.69. The van der Waals surface area contributed by atoms with Crippen molar-refractivity contribution in [1.29, 1.82) is 0 Å². The molecule has 2 atom stereocenters. The summed E-state index contributed by atoms with van der Waals surface area (Å²) >= 11 is 1.63. The van der Waals surface area contributed by atoms with Crippen LogP contribution in [0.25, 0.3) is 10.2 Å². The molecular weight excluding hydrogens is 372 g/mol. The molecule has 0 amide bonds. The Morgan fingerprint density at radius 2 is 2.11 bits per heavy atom. The van der Waals surface area contributed by atoms with Crippen molar-refractivity contribution in [2.45, 2.75) is 52.7 Å². The molecule has 0 spiro atoms. The lowest BCUT2D eigenvalue weighted by atomic mass is 9.89. The Bertz CT molecular complexity index is 1080. The summed E-state index contributed by atoms with van der Waals surface area (Å²) in [6, 6.07) is 8.81. The molecule has 1 aliphatic carbocycles. The number of fused-ring (bicyclic) bond motifs is 3. The lowest BCUT2D eigenvalue weighted by molar-refractivity contribution is -0.148. The minimum Gasteiger partial charge on any atom is -0.459 e. The van der Waals surface area contributed by atoms with Crippen LogP contribution in [-0.4, -0.2) is 15.5 Å². The van der Waals surface area contributed by atoms with Crippen LogP contribution in [0.3, 0.4) is 0 Å². The van der Waals surface area contributed by atoms with E-state index in [0.717, 1.165) is 35.2 Å². The highest BCUT2D eigenvalue weighted by molar-refractivity contribution is 7.18. The van der Waals surface area contributed by atoms with E-state index in [1.165, 1.54) is 9.44 Å². The van der Waals surface area contributed by atoms with E-state index < -0.39 is 12.0 Å². The molecule has 0 radical (unpaired) electrons. The highest BCUT2D eigenvalue weighted by atomic mass is 32.1. The molecule has 146 valence electrons. The van der Waals surface area contributed by atoms with Crippen LogP contribution in [-0.2, 0) is 29.0 Å². The standard InChI is InChI=1S/C22H24N2O3S/c1-13-9-10-17-18(11-13)28-20-19(17)21(25)24(15(3)23-20)14(2)22(26)27-12-16-7-5-4-6-8-16/h4-8,13-14H,9-12H2,1-3H3. The van der Waals surface area contributed by atoms with Crippen molar-refractivity contribution in [1.82, 2.24) is 9.55 Å². The van der Waals surface area contributed by atoms with E-state index in [0.29, 0.717) is 17.1 Å². The summed E-state index contributed by atoms with van der Waals surface area (Å²) < 4.78 is 6.94. The summed E-state index contributed by atoms with van der Waals surface area (Å²) in [6.07, 6.45) is 2.99. The van der Waals surface area contributed by atoms with Crippen molar-refractivity contribution in [2.24, 2.45) is 5.92 Å². The smallest absolute Gasteiger partial charge is 0.329 e. The lowest BCUT2D eigenvalue weighted by Gasteiger charge is -2.19. The first kappa shape index (κ1) is 18.9. The van der Waals surface area contributed by atoms with Gasteiger partial charge in [0, 0.05) is 4.88 Å². The average Bonchev–Trinajstić information content (AvgIpc) is 3.03. The maximum atomic E-state index is 13.3. The van der Waals surface area contributed by atoms with Gasteiger partial charge in [0.05, 0.1) is 5.39 Å². The third-order valence-corrected chi connectivity index (χ3v) is 6.64. The van der Waals surface area contributed by atoms with Gasteiger partial charge >= 0.3 is 5.97 Å². The molecule has 2 heterocycles. The van der Waals surface area contributed by atoms with Crippen molar-refractivity contribution in [3.8, 4) is 0 Å². The highest BCUT2D eigenvalue weighted by Gasteiger charge is 2.27. The number of carbonyl (C=O) groups is 1. The van der Waals surface area contributed by atoms with E-state index in [2.05, 4.69) is 11.9 Å². The maximum absolute atomic E-state index is 13.3. The Morgan fingerprint density at radius 1 is 1.36 bits per heavy atom. The van der Waals surface area contributed by atoms with Crippen molar-refractivity contribution in [3.05, 3.63) is 62.5 Å². The van der Waals surface area contributed by atoms with Gasteiger partial charge in [-0.3, -0.25) is 9.36 Å². The Hall–Kier alpha value is -2.47. The molecule has 2 aromatic heterocycles. The fraction of sp³-hybridized carbons (Fsp3) is 0.409. The van der Waals surface area contributed by atoms with E-state index in [-0.39, 0.29) is 12.2 Å². The van der Waals surface area contributed by atoms with Gasteiger partial charge < -0.3 is 4.74 Å². The Labute approximate surface area is 168 Å². The fourth-order valence-electron chi connectivity index (χ4n) is 3.91. The molecule has 0 N–H and O–H groups in total. The molecule has 5 nitrogen and oxygen atoms in total. The Kier molecular flexibility index (Phi) is 5.06. The summed E-state index contributed by atoms with van der Waals surface area (Å²) in [5, 5.41) is 0.695. The van der Waals surface area contributed by atoms with Gasteiger partial charge in [-0.05, 0) is 50.2 Å². The van der Waals surface area contributed by atoms with Gasteiger partial charge in [-0.2, -0.15) is 0 Å². The number of nitrogens with zero attached hydrogens (tertiary/aromatic N) is 2. The van der Waals surface area contributed by atoms with Crippen LogP contribution in [0, 0.1) is 12.8 Å². The van der Waals surface area contributed by atoms with Crippen molar-refractivity contribution in [2.75, 3.05) is 0 Å². The van der Waals surface area contributed by atoms with Crippen LogP contribution in [0.15, 0.2) is 35.1 Å². The van der Waals surface area contributed by atoms with Gasteiger partial charge in [-0.15, -0.1) is 11.3 Å². The second kappa shape index (κ2) is 7.51. The number of esters is 1. The second-order valence-corrected chi connectivity index (χ2v) is 8.72. The zero-order valence-electron chi connectivity index (χ0n) is 16.4. The second-order valence-electron chi connectivity index (χ2n) is 7.64. The third-order valence-electron chi connectivity index (χ3n) is 5.49. The molecule has 2 unspecified atom stereocenters. The van der Waals surface area contributed by atoms with Crippen LogP contribution in [0.4, 0.5) is 0 Å². The number of rotatable bonds is 4. The number of benzene rings is 1. The van der Waals surface area contributed by atoms with Gasteiger partial charge in [0.2, 0.25) is 0 Å². The normalized spacial score (nSPS) is 17.3. The van der Waals surface area contributed by atoms with Crippen LogP contribution < -0.4 is 5.56 Å². The number of thiophene rings is 1. The molecule has 0 saturated carbocycles. The number of hydrogen-bond donors (Lipinski definition) is 0. The van der Waals surface area contributed by atoms with E-state index >= 15 is 0 Å². The third kappa shape index (κ3) is 3.37. The SMILES string of the molecule is Cc1nc2sc3c(c2c(=O)n1C(C)C(=O)OCc1ccccc1)CCC(C)C3. The molecule has 1 aliphatic rings. The van der Waals surface area contributed by atoms with Crippen LogP contribution in [0.1, 0.15) is 48.1 Å². The van der Waals surface area contributed by atoms with Crippen molar-refractivity contribution >= 4 is 27.5 Å². The summed E-state index contributed by atoms with van der Waals surface area (Å²) in [7, 11) is 0. The molecule has 0 fully saturated rings. The number of hydrogen-bond acceptors (Lipinski definition) is 5. The highest BCUT2D eigenvalue weighted by Crippen LogP contribution is 2.36. The van der Waals surface area contributed by atoms with Gasteiger partial charge in [-0.25, -0.2) is 9.78 Å². The van der Waals surface area contributed by atoms with Crippen molar-refractivity contribution in [3.63, 3.8) is 0 Å². The molecule has 3 aromatic rings. The molecular formula is C22H24N2O3S. The van der Waals surface area contributed by atoms with E-state index in [9.17, 15) is 9.59 Å². The van der Waals surface area contributed by atoms with Gasteiger partial charge in [0.25, 0.3) is 5.56 Å². The predicted molar refractivity (Wildman–Crippen MR) is 111 cm³/mol. The van der Waals surface area contributed by atoms with Crippen LogP contribution in [0.5, 0.6) is 0 Å². The van der Waals surface area contributed by atoms with Gasteiger partial charge in [0.1, 0.15) is 23.3 Å². The largest absolute Gasteiger partial charge is 0.459 e. The summed E-state index contributed by atoms with van der Waals surface area (Å²) in [6.45, 7) is 5.92. The zero-order valence-corrected chi connectivity index (χ0v) is 17.2. The first-order valence-corrected chi connectivity index (χ1v) is 10.5. The maximum Gasteiger partial charge on any atom is 0.329 e. The molecule has 1 aromatic carbocycles. The predicted octanol–water partition coefficient (Wildman–Crippen LogP) is 4.20. The zero-order chi connectivity index (χ0) is 19.8. The molecule has 0 saturated heterocycles. The Balaban J connectivity index is 1.66. The minimum atomic E-state index is -0.717. The van der Waals surface area contributed by atoms with E-state index in [1.807, 2.05) is 30.3 Å². The first-order chi connectivity index (χ1) is 13.5. The van der Waals surface area contributed by atoms with Crippen LogP contribution >= 0.6 is 11.3 Å². The monoisotopic (exact) mass is 396 g/mol. The number of ether oxygens (including phenoxy) is 1. The fourth-order valence-corrected chi connectivity index (χ4v) is 5.33. The summed E-state index contributed by atoms with van der Waals surface area (Å²) in [4.78, 5) is 32.7.